The maximum Gasteiger partial charge on any atom is 0.103 e. The molecule has 4 fully saturated rings. The smallest absolute Gasteiger partial charge is 0.103 e. The lowest BCUT2D eigenvalue weighted by Gasteiger charge is -2.33. The van der Waals surface area contributed by atoms with Gasteiger partial charge in [0.1, 0.15) is 5.60 Å². The first-order chi connectivity index (χ1) is 7.85. The SMILES string of the molecule is CC(O)(C=CCC1(C)C2CC3C(C2)C31C)CO. The molecule has 0 aromatic heterocycles. The lowest BCUT2D eigenvalue weighted by molar-refractivity contribution is 0.0428. The Balaban J connectivity index is 1.71. The minimum Gasteiger partial charge on any atom is -0.393 e. The number of aliphatic hydroxyl groups excluding tert-OH is 1. The van der Waals surface area contributed by atoms with E-state index >= 15 is 0 Å². The average molecular weight is 236 g/mol. The fraction of sp³-hybridized carbons (Fsp3) is 0.867. The van der Waals surface area contributed by atoms with Crippen molar-refractivity contribution in [2.45, 2.75) is 45.6 Å². The van der Waals surface area contributed by atoms with Gasteiger partial charge in [0.05, 0.1) is 6.61 Å². The summed E-state index contributed by atoms with van der Waals surface area (Å²) in [5.74, 6) is 2.87. The molecule has 0 saturated heterocycles. The average Bonchev–Trinajstić information content (AvgIpc) is 2.63. The van der Waals surface area contributed by atoms with Crippen LogP contribution in [-0.4, -0.2) is 22.4 Å². The van der Waals surface area contributed by atoms with Gasteiger partial charge < -0.3 is 10.2 Å². The van der Waals surface area contributed by atoms with Crippen LogP contribution in [0.15, 0.2) is 12.2 Å². The van der Waals surface area contributed by atoms with Crippen molar-refractivity contribution in [3.8, 4) is 0 Å². The Labute approximate surface area is 104 Å². The van der Waals surface area contributed by atoms with Crippen molar-refractivity contribution in [3.05, 3.63) is 12.2 Å². The van der Waals surface area contributed by atoms with E-state index in [4.69, 9.17) is 5.11 Å². The van der Waals surface area contributed by atoms with Crippen molar-refractivity contribution in [1.29, 1.82) is 0 Å². The van der Waals surface area contributed by atoms with E-state index in [1.807, 2.05) is 0 Å². The highest BCUT2D eigenvalue weighted by Gasteiger charge is 2.80. The molecule has 17 heavy (non-hydrogen) atoms. The first-order valence-electron chi connectivity index (χ1n) is 6.86. The van der Waals surface area contributed by atoms with Crippen LogP contribution in [-0.2, 0) is 0 Å². The molecule has 0 spiro atoms. The maximum atomic E-state index is 9.76. The number of rotatable bonds is 4. The summed E-state index contributed by atoms with van der Waals surface area (Å²) in [5.41, 5.74) is -0.0424. The summed E-state index contributed by atoms with van der Waals surface area (Å²) in [5, 5.41) is 18.8. The maximum absolute atomic E-state index is 9.76. The molecule has 4 aliphatic rings. The zero-order valence-electron chi connectivity index (χ0n) is 11.1. The van der Waals surface area contributed by atoms with Gasteiger partial charge in [0.25, 0.3) is 0 Å². The summed E-state index contributed by atoms with van der Waals surface area (Å²) in [6.45, 7) is 6.35. The second-order valence-electron chi connectivity index (χ2n) is 7.20. The third kappa shape index (κ3) is 1.29. The lowest BCUT2D eigenvalue weighted by atomic mass is 9.71. The Hall–Kier alpha value is -0.340. The van der Waals surface area contributed by atoms with Crippen LogP contribution < -0.4 is 0 Å². The molecular formula is C15H24O2. The van der Waals surface area contributed by atoms with Crippen molar-refractivity contribution in [2.24, 2.45) is 28.6 Å². The third-order valence-electron chi connectivity index (χ3n) is 6.46. The molecule has 2 nitrogen and oxygen atoms in total. The first kappa shape index (κ1) is 11.7. The minimum absolute atomic E-state index is 0.202. The highest BCUT2D eigenvalue weighted by molar-refractivity contribution is 5.29. The molecule has 96 valence electrons. The van der Waals surface area contributed by atoms with Crippen LogP contribution in [0.4, 0.5) is 0 Å². The summed E-state index contributed by atoms with van der Waals surface area (Å²) in [6.07, 6.45) is 7.79. The van der Waals surface area contributed by atoms with Crippen molar-refractivity contribution in [1.82, 2.24) is 0 Å². The molecule has 0 aromatic carbocycles. The van der Waals surface area contributed by atoms with E-state index in [9.17, 15) is 5.11 Å². The molecule has 4 bridgehead atoms. The van der Waals surface area contributed by atoms with Crippen LogP contribution >= 0.6 is 0 Å². The van der Waals surface area contributed by atoms with E-state index in [1.54, 1.807) is 13.0 Å². The molecular weight excluding hydrogens is 212 g/mol. The monoisotopic (exact) mass is 236 g/mol. The van der Waals surface area contributed by atoms with E-state index in [0.29, 0.717) is 10.8 Å². The van der Waals surface area contributed by atoms with Gasteiger partial charge in [-0.25, -0.2) is 0 Å². The predicted octanol–water partition coefficient (Wildman–Crippen LogP) is 2.36. The quantitative estimate of drug-likeness (QED) is 0.736. The van der Waals surface area contributed by atoms with Gasteiger partial charge in [-0.1, -0.05) is 26.0 Å². The van der Waals surface area contributed by atoms with E-state index in [1.165, 1.54) is 12.8 Å². The molecule has 4 unspecified atom stereocenters. The molecule has 0 aliphatic heterocycles. The van der Waals surface area contributed by atoms with Gasteiger partial charge in [0, 0.05) is 0 Å². The Morgan fingerprint density at radius 1 is 1.29 bits per heavy atom. The van der Waals surface area contributed by atoms with Crippen molar-refractivity contribution >= 4 is 0 Å². The highest BCUT2D eigenvalue weighted by atomic mass is 16.3. The topological polar surface area (TPSA) is 40.5 Å². The number of hydrogen-bond acceptors (Lipinski definition) is 2. The summed E-state index contributed by atoms with van der Waals surface area (Å²) in [7, 11) is 0. The summed E-state index contributed by atoms with van der Waals surface area (Å²) in [4.78, 5) is 0. The van der Waals surface area contributed by atoms with Gasteiger partial charge in [-0.3, -0.25) is 0 Å². The minimum atomic E-state index is -1.05. The van der Waals surface area contributed by atoms with Gasteiger partial charge in [-0.2, -0.15) is 0 Å². The Bertz CT molecular complexity index is 359. The molecule has 4 saturated carbocycles. The van der Waals surface area contributed by atoms with E-state index in [0.717, 1.165) is 24.2 Å². The van der Waals surface area contributed by atoms with Crippen LogP contribution in [0.5, 0.6) is 0 Å². The van der Waals surface area contributed by atoms with Gasteiger partial charge in [0.15, 0.2) is 0 Å². The molecule has 0 aromatic rings. The van der Waals surface area contributed by atoms with E-state index in [2.05, 4.69) is 19.9 Å². The fourth-order valence-electron chi connectivity index (χ4n) is 5.03. The molecule has 0 amide bonds. The van der Waals surface area contributed by atoms with Crippen LogP contribution in [0.1, 0.15) is 40.0 Å². The van der Waals surface area contributed by atoms with Crippen LogP contribution in [0.2, 0.25) is 0 Å². The second kappa shape index (κ2) is 3.16. The molecule has 0 radical (unpaired) electrons. The number of allylic oxidation sites excluding steroid dienone is 1. The van der Waals surface area contributed by atoms with Gasteiger partial charge in [0.2, 0.25) is 0 Å². The van der Waals surface area contributed by atoms with Gasteiger partial charge >= 0.3 is 0 Å². The summed E-state index contributed by atoms with van der Waals surface area (Å²) >= 11 is 0. The lowest BCUT2D eigenvalue weighted by Crippen LogP contribution is -2.28. The highest BCUT2D eigenvalue weighted by Crippen LogP contribution is 2.86. The molecule has 4 aliphatic carbocycles. The predicted molar refractivity (Wildman–Crippen MR) is 67.4 cm³/mol. The van der Waals surface area contributed by atoms with E-state index in [-0.39, 0.29) is 6.61 Å². The molecule has 4 rings (SSSR count). The summed E-state index contributed by atoms with van der Waals surface area (Å²) in [6, 6.07) is 0. The van der Waals surface area contributed by atoms with Crippen LogP contribution in [0.3, 0.4) is 0 Å². The molecule has 4 atom stereocenters. The normalized spacial score (nSPS) is 54.3. The van der Waals surface area contributed by atoms with E-state index < -0.39 is 5.60 Å². The standard InChI is InChI=1S/C15H24O2/c1-13(17,9-16)5-4-6-14(2)10-7-11-12(8-10)15(11,14)3/h4-5,10-12,16-17H,6-9H2,1-3H3. The van der Waals surface area contributed by atoms with Crippen molar-refractivity contribution in [3.63, 3.8) is 0 Å². The van der Waals surface area contributed by atoms with Crippen molar-refractivity contribution in [2.75, 3.05) is 6.61 Å². The Kier molecular flexibility index (Phi) is 2.18. The molecule has 2 heteroatoms. The van der Waals surface area contributed by atoms with Crippen LogP contribution in [0, 0.1) is 28.6 Å². The van der Waals surface area contributed by atoms with Crippen LogP contribution in [0.25, 0.3) is 0 Å². The number of hydrogen-bond donors (Lipinski definition) is 2. The van der Waals surface area contributed by atoms with Gasteiger partial charge in [-0.05, 0) is 54.8 Å². The Morgan fingerprint density at radius 2 is 1.88 bits per heavy atom. The summed E-state index contributed by atoms with van der Waals surface area (Å²) < 4.78 is 0. The zero-order valence-corrected chi connectivity index (χ0v) is 11.1. The molecule has 2 N–H and O–H groups in total. The molecule has 0 heterocycles. The Morgan fingerprint density at radius 3 is 2.29 bits per heavy atom. The van der Waals surface area contributed by atoms with Crippen molar-refractivity contribution < 1.29 is 10.2 Å². The second-order valence-corrected chi connectivity index (χ2v) is 7.20. The fourth-order valence-corrected chi connectivity index (χ4v) is 5.03. The zero-order chi connectivity index (χ0) is 12.5. The third-order valence-corrected chi connectivity index (χ3v) is 6.46. The van der Waals surface area contributed by atoms with Gasteiger partial charge in [-0.15, -0.1) is 0 Å². The first-order valence-corrected chi connectivity index (χ1v) is 6.86. The largest absolute Gasteiger partial charge is 0.393 e. The number of aliphatic hydroxyl groups is 2.